The van der Waals surface area contributed by atoms with Crippen LogP contribution in [0.5, 0.6) is 0 Å². The Balaban J connectivity index is 1.40. The van der Waals surface area contributed by atoms with Crippen molar-refractivity contribution < 1.29 is 27.8 Å². The minimum absolute atomic E-state index is 0.0248. The van der Waals surface area contributed by atoms with Crippen LogP contribution in [0.1, 0.15) is 30.4 Å². The summed E-state index contributed by atoms with van der Waals surface area (Å²) in [6.45, 7) is 2.43. The van der Waals surface area contributed by atoms with Gasteiger partial charge in [0.2, 0.25) is 15.9 Å². The van der Waals surface area contributed by atoms with Crippen LogP contribution in [-0.4, -0.2) is 74.4 Å². The van der Waals surface area contributed by atoms with Gasteiger partial charge >= 0.3 is 0 Å². The van der Waals surface area contributed by atoms with Crippen molar-refractivity contribution in [2.24, 2.45) is 0 Å². The summed E-state index contributed by atoms with van der Waals surface area (Å²) in [4.78, 5) is 12.7. The lowest BCUT2D eigenvalue weighted by molar-refractivity contribution is -0.146. The van der Waals surface area contributed by atoms with E-state index < -0.39 is 28.3 Å². The highest BCUT2D eigenvalue weighted by Gasteiger charge is 2.43. The first-order chi connectivity index (χ1) is 16.8. The highest BCUT2D eigenvalue weighted by molar-refractivity contribution is 7.89. The van der Waals surface area contributed by atoms with Crippen LogP contribution in [0.2, 0.25) is 0 Å². The molecule has 0 aliphatic carbocycles. The number of nitrogens with one attached hydrogen (secondary N) is 1. The molecule has 2 aromatic rings. The molecule has 0 radical (unpaired) electrons. The molecule has 35 heavy (non-hydrogen) atoms. The van der Waals surface area contributed by atoms with Crippen molar-refractivity contribution in [1.29, 1.82) is 0 Å². The van der Waals surface area contributed by atoms with Gasteiger partial charge in [-0.3, -0.25) is 4.79 Å². The number of aryl methyl sites for hydroxylation is 1. The van der Waals surface area contributed by atoms with E-state index in [2.05, 4.69) is 5.32 Å². The third-order valence-corrected chi connectivity index (χ3v) is 8.66. The molecule has 9 heteroatoms. The van der Waals surface area contributed by atoms with Gasteiger partial charge in [-0.1, -0.05) is 48.5 Å². The van der Waals surface area contributed by atoms with Crippen molar-refractivity contribution >= 4 is 15.9 Å². The maximum absolute atomic E-state index is 13.6. The number of hydrogen-bond acceptors (Lipinski definition) is 6. The van der Waals surface area contributed by atoms with Gasteiger partial charge in [-0.15, -0.1) is 0 Å². The number of β-amino-alcohol motifs (C(OH)–C–C–N with tert-alkyl or cyclic N) is 1. The molecule has 0 bridgehead atoms. The molecule has 2 N–H and O–H groups in total. The number of fused-ring (bicyclic) bond motifs is 1. The average molecular weight is 503 g/mol. The van der Waals surface area contributed by atoms with Crippen LogP contribution in [0, 0.1) is 6.92 Å². The molecule has 0 unspecified atom stereocenters. The van der Waals surface area contributed by atoms with Crippen LogP contribution in [0.15, 0.2) is 59.5 Å². The quantitative estimate of drug-likeness (QED) is 0.601. The Bertz CT molecular complexity index is 1090. The van der Waals surface area contributed by atoms with Gasteiger partial charge in [0, 0.05) is 13.1 Å². The van der Waals surface area contributed by atoms with Gasteiger partial charge in [0.25, 0.3) is 0 Å². The van der Waals surface area contributed by atoms with E-state index in [0.717, 1.165) is 12.0 Å². The fraction of sp³-hybridized carbons (Fsp3) is 0.500. The standard InChI is InChI=1S/C26H34N2O6S/c1-19-7-5-6-10-25(19)35(31,32)28-16-21(29)17-33-18-24-23(28)12-11-22(34-24)15-26(30)27-14-13-20-8-3-2-4-9-20/h2-10,21-24,29H,11-18H2,1H3,(H,27,30)/t21-,22-,23+,24-/m1/s1. The predicted octanol–water partition coefficient (Wildman–Crippen LogP) is 2.04. The number of amides is 1. The summed E-state index contributed by atoms with van der Waals surface area (Å²) >= 11 is 0. The molecule has 1 amide bonds. The topological polar surface area (TPSA) is 105 Å². The minimum atomic E-state index is -3.86. The first-order valence-corrected chi connectivity index (χ1v) is 13.6. The number of carbonyl (C=O) groups excluding carboxylic acids is 1. The van der Waals surface area contributed by atoms with Crippen LogP contribution in [0.3, 0.4) is 0 Å². The molecule has 4 atom stereocenters. The molecule has 0 spiro atoms. The van der Waals surface area contributed by atoms with Gasteiger partial charge in [0.05, 0.1) is 48.9 Å². The lowest BCUT2D eigenvalue weighted by Gasteiger charge is -2.43. The minimum Gasteiger partial charge on any atom is -0.389 e. The zero-order chi connectivity index (χ0) is 24.8. The van der Waals surface area contributed by atoms with E-state index in [1.165, 1.54) is 4.31 Å². The molecule has 2 aliphatic rings. The number of carbonyl (C=O) groups is 1. The molecule has 4 rings (SSSR count). The summed E-state index contributed by atoms with van der Waals surface area (Å²) in [5.41, 5.74) is 1.81. The van der Waals surface area contributed by atoms with Crippen molar-refractivity contribution in [1.82, 2.24) is 9.62 Å². The molecule has 8 nitrogen and oxygen atoms in total. The number of nitrogens with zero attached hydrogens (tertiary/aromatic N) is 1. The van der Waals surface area contributed by atoms with Gasteiger partial charge in [-0.25, -0.2) is 8.42 Å². The molecule has 2 fully saturated rings. The smallest absolute Gasteiger partial charge is 0.243 e. The summed E-state index contributed by atoms with van der Waals surface area (Å²) in [6.07, 6.45) is 0.274. The van der Waals surface area contributed by atoms with Crippen molar-refractivity contribution in [3.8, 4) is 0 Å². The molecule has 0 saturated carbocycles. The van der Waals surface area contributed by atoms with E-state index in [-0.39, 0.29) is 43.1 Å². The normalized spacial score (nSPS) is 25.8. The molecule has 0 aromatic heterocycles. The van der Waals surface area contributed by atoms with Gasteiger partial charge in [-0.05, 0) is 43.4 Å². The Morgan fingerprint density at radius 2 is 1.83 bits per heavy atom. The Labute approximate surface area is 207 Å². The first-order valence-electron chi connectivity index (χ1n) is 12.1. The van der Waals surface area contributed by atoms with Crippen LogP contribution < -0.4 is 5.32 Å². The number of aliphatic hydroxyl groups is 1. The summed E-state index contributed by atoms with van der Waals surface area (Å²) < 4.78 is 40.5. The van der Waals surface area contributed by atoms with Crippen molar-refractivity contribution in [3.63, 3.8) is 0 Å². The number of ether oxygens (including phenoxy) is 2. The van der Waals surface area contributed by atoms with Crippen molar-refractivity contribution in [2.45, 2.75) is 61.9 Å². The Hall–Kier alpha value is -2.30. The summed E-state index contributed by atoms with van der Waals surface area (Å²) in [5, 5.41) is 13.3. The molecule has 2 aromatic carbocycles. The molecule has 2 heterocycles. The highest BCUT2D eigenvalue weighted by Crippen LogP contribution is 2.32. The zero-order valence-electron chi connectivity index (χ0n) is 20.0. The van der Waals surface area contributed by atoms with Crippen LogP contribution in [0.4, 0.5) is 0 Å². The number of hydrogen-bond donors (Lipinski definition) is 2. The second kappa shape index (κ2) is 11.6. The largest absolute Gasteiger partial charge is 0.389 e. The average Bonchev–Trinajstić information content (AvgIpc) is 2.82. The number of rotatable bonds is 7. The predicted molar refractivity (Wildman–Crippen MR) is 131 cm³/mol. The number of benzene rings is 2. The van der Waals surface area contributed by atoms with Gasteiger partial charge < -0.3 is 19.9 Å². The van der Waals surface area contributed by atoms with E-state index in [1.807, 2.05) is 30.3 Å². The second-order valence-corrected chi connectivity index (χ2v) is 11.1. The second-order valence-electron chi connectivity index (χ2n) is 9.26. The van der Waals surface area contributed by atoms with Crippen LogP contribution >= 0.6 is 0 Å². The molecule has 2 aliphatic heterocycles. The molecule has 2 saturated heterocycles. The SMILES string of the molecule is Cc1ccccc1S(=O)(=O)N1C[C@@H](O)COC[C@H]2O[C@@H](CC(=O)NCCc3ccccc3)CC[C@@H]21. The fourth-order valence-electron chi connectivity index (χ4n) is 4.81. The van der Waals surface area contributed by atoms with Crippen molar-refractivity contribution in [2.75, 3.05) is 26.3 Å². The fourth-order valence-corrected chi connectivity index (χ4v) is 6.76. The van der Waals surface area contributed by atoms with Crippen LogP contribution in [-0.2, 0) is 30.7 Å². The van der Waals surface area contributed by atoms with Gasteiger partial charge in [0.15, 0.2) is 0 Å². The van der Waals surface area contributed by atoms with E-state index in [4.69, 9.17) is 9.47 Å². The molecule has 190 valence electrons. The Morgan fingerprint density at radius 3 is 2.60 bits per heavy atom. The monoisotopic (exact) mass is 502 g/mol. The van der Waals surface area contributed by atoms with E-state index in [0.29, 0.717) is 24.9 Å². The van der Waals surface area contributed by atoms with Crippen molar-refractivity contribution in [3.05, 3.63) is 65.7 Å². The Morgan fingerprint density at radius 1 is 1.09 bits per heavy atom. The molecular weight excluding hydrogens is 468 g/mol. The summed E-state index contributed by atoms with van der Waals surface area (Å²) in [6, 6.07) is 16.3. The summed E-state index contributed by atoms with van der Waals surface area (Å²) in [7, 11) is -3.86. The highest BCUT2D eigenvalue weighted by atomic mass is 32.2. The first kappa shape index (κ1) is 25.8. The molecular formula is C26H34N2O6S. The lowest BCUT2D eigenvalue weighted by Crippen LogP contribution is -2.57. The zero-order valence-corrected chi connectivity index (χ0v) is 20.8. The lowest BCUT2D eigenvalue weighted by atomic mass is 9.96. The van der Waals surface area contributed by atoms with Gasteiger partial charge in [0.1, 0.15) is 0 Å². The van der Waals surface area contributed by atoms with E-state index in [1.54, 1.807) is 31.2 Å². The number of sulfonamides is 1. The van der Waals surface area contributed by atoms with Gasteiger partial charge in [-0.2, -0.15) is 4.31 Å². The Kier molecular flexibility index (Phi) is 8.56. The number of aliphatic hydroxyl groups excluding tert-OH is 1. The van der Waals surface area contributed by atoms with E-state index in [9.17, 15) is 18.3 Å². The van der Waals surface area contributed by atoms with Crippen LogP contribution in [0.25, 0.3) is 0 Å². The third kappa shape index (κ3) is 6.48. The summed E-state index contributed by atoms with van der Waals surface area (Å²) in [5.74, 6) is -0.0871. The maximum Gasteiger partial charge on any atom is 0.243 e. The van der Waals surface area contributed by atoms with E-state index >= 15 is 0 Å². The maximum atomic E-state index is 13.6. The third-order valence-electron chi connectivity index (χ3n) is 6.61.